The topological polar surface area (TPSA) is 35.8 Å². The first-order valence-electron chi connectivity index (χ1n) is 7.13. The first-order chi connectivity index (χ1) is 8.87. The molecule has 0 aromatic heterocycles. The van der Waals surface area contributed by atoms with Crippen LogP contribution < -0.4 is 5.32 Å². The molecule has 1 N–H and O–H groups in total. The largest absolute Gasteiger partial charge is 0.367 e. The van der Waals surface area contributed by atoms with E-state index in [9.17, 15) is 5.26 Å². The third-order valence-corrected chi connectivity index (χ3v) is 4.51. The molecule has 19 heavy (non-hydrogen) atoms. The molecule has 0 spiro atoms. The number of hydrogen-bond donors (Lipinski definition) is 1. The molecule has 1 aliphatic carbocycles. The van der Waals surface area contributed by atoms with E-state index in [1.54, 1.807) is 0 Å². The second-order valence-electron chi connectivity index (χ2n) is 6.84. The van der Waals surface area contributed by atoms with E-state index in [4.69, 9.17) is 0 Å². The Balaban J connectivity index is 2.20. The van der Waals surface area contributed by atoms with Gasteiger partial charge in [0.25, 0.3) is 0 Å². The summed E-state index contributed by atoms with van der Waals surface area (Å²) in [5, 5.41) is 13.2. The molecule has 1 fully saturated rings. The molecule has 0 aliphatic heterocycles. The highest BCUT2D eigenvalue weighted by molar-refractivity contribution is 5.49. The molecule has 102 valence electrons. The van der Waals surface area contributed by atoms with Crippen molar-refractivity contribution in [2.75, 3.05) is 5.32 Å². The maximum Gasteiger partial charge on any atom is 0.128 e. The first kappa shape index (κ1) is 13.9. The highest BCUT2D eigenvalue weighted by atomic mass is 15.0. The van der Waals surface area contributed by atoms with Gasteiger partial charge in [0, 0.05) is 5.69 Å². The van der Waals surface area contributed by atoms with Crippen molar-refractivity contribution in [3.8, 4) is 6.07 Å². The number of hydrogen-bond acceptors (Lipinski definition) is 2. The van der Waals surface area contributed by atoms with Crippen molar-refractivity contribution in [1.29, 1.82) is 5.26 Å². The van der Waals surface area contributed by atoms with Crippen LogP contribution in [-0.4, -0.2) is 5.54 Å². The molecular formula is C17H24N2. The Morgan fingerprint density at radius 1 is 1.21 bits per heavy atom. The minimum Gasteiger partial charge on any atom is -0.367 e. The molecule has 0 amide bonds. The minimum atomic E-state index is -0.412. The molecule has 1 aromatic carbocycles. The van der Waals surface area contributed by atoms with E-state index in [1.165, 1.54) is 5.56 Å². The molecule has 1 aromatic rings. The molecule has 2 rings (SSSR count). The number of nitriles is 1. The zero-order chi connectivity index (χ0) is 14.1. The standard InChI is InChI=1S/C17H24N2/c1-13-5-7-15(8-6-13)19-17(12-18)10-9-16(3,4)11-14(17)2/h5-8,14,19H,9-11H2,1-4H3. The van der Waals surface area contributed by atoms with Crippen LogP contribution in [0.15, 0.2) is 24.3 Å². The van der Waals surface area contributed by atoms with Crippen LogP contribution >= 0.6 is 0 Å². The average molecular weight is 256 g/mol. The number of benzene rings is 1. The van der Waals surface area contributed by atoms with Crippen LogP contribution in [0.2, 0.25) is 0 Å². The summed E-state index contributed by atoms with van der Waals surface area (Å²) in [4.78, 5) is 0. The van der Waals surface area contributed by atoms with Crippen LogP contribution in [-0.2, 0) is 0 Å². The van der Waals surface area contributed by atoms with Gasteiger partial charge in [0.2, 0.25) is 0 Å². The van der Waals surface area contributed by atoms with Gasteiger partial charge in [-0.3, -0.25) is 0 Å². The number of anilines is 1. The normalized spacial score (nSPS) is 29.5. The van der Waals surface area contributed by atoms with Crippen molar-refractivity contribution in [1.82, 2.24) is 0 Å². The molecular weight excluding hydrogens is 232 g/mol. The monoisotopic (exact) mass is 256 g/mol. The fourth-order valence-corrected chi connectivity index (χ4v) is 3.16. The van der Waals surface area contributed by atoms with Crippen molar-refractivity contribution in [2.45, 2.75) is 52.5 Å². The van der Waals surface area contributed by atoms with Gasteiger partial charge in [-0.05, 0) is 49.7 Å². The molecule has 1 saturated carbocycles. The van der Waals surface area contributed by atoms with Gasteiger partial charge < -0.3 is 5.32 Å². The Bertz CT molecular complexity index is 481. The Labute approximate surface area is 116 Å². The van der Waals surface area contributed by atoms with Crippen LogP contribution in [0, 0.1) is 29.6 Å². The lowest BCUT2D eigenvalue weighted by Crippen LogP contribution is -2.48. The molecule has 2 atom stereocenters. The minimum absolute atomic E-state index is 0.356. The van der Waals surface area contributed by atoms with E-state index in [0.29, 0.717) is 11.3 Å². The average Bonchev–Trinajstić information content (AvgIpc) is 2.35. The summed E-state index contributed by atoms with van der Waals surface area (Å²) in [6.07, 6.45) is 3.12. The van der Waals surface area contributed by atoms with Crippen LogP contribution in [0.25, 0.3) is 0 Å². The predicted octanol–water partition coefficient (Wildman–Crippen LogP) is 4.52. The fourth-order valence-electron chi connectivity index (χ4n) is 3.16. The third-order valence-electron chi connectivity index (χ3n) is 4.51. The van der Waals surface area contributed by atoms with E-state index in [1.807, 2.05) is 0 Å². The number of nitrogens with one attached hydrogen (secondary N) is 1. The zero-order valence-corrected chi connectivity index (χ0v) is 12.5. The van der Waals surface area contributed by atoms with E-state index < -0.39 is 5.54 Å². The van der Waals surface area contributed by atoms with Gasteiger partial charge in [-0.25, -0.2) is 0 Å². The van der Waals surface area contributed by atoms with Gasteiger partial charge in [0.1, 0.15) is 5.54 Å². The number of aryl methyl sites for hydroxylation is 1. The lowest BCUT2D eigenvalue weighted by atomic mass is 9.64. The van der Waals surface area contributed by atoms with E-state index in [2.05, 4.69) is 63.3 Å². The smallest absolute Gasteiger partial charge is 0.128 e. The predicted molar refractivity (Wildman–Crippen MR) is 79.9 cm³/mol. The van der Waals surface area contributed by atoms with Crippen LogP contribution in [0.1, 0.15) is 45.6 Å². The van der Waals surface area contributed by atoms with Crippen LogP contribution in [0.5, 0.6) is 0 Å². The van der Waals surface area contributed by atoms with E-state index >= 15 is 0 Å². The van der Waals surface area contributed by atoms with Crippen molar-refractivity contribution in [3.63, 3.8) is 0 Å². The van der Waals surface area contributed by atoms with Crippen molar-refractivity contribution >= 4 is 5.69 Å². The van der Waals surface area contributed by atoms with Crippen molar-refractivity contribution < 1.29 is 0 Å². The summed E-state index contributed by atoms with van der Waals surface area (Å²) in [6.45, 7) is 8.88. The highest BCUT2D eigenvalue weighted by Crippen LogP contribution is 2.45. The summed E-state index contributed by atoms with van der Waals surface area (Å²) >= 11 is 0. The quantitative estimate of drug-likeness (QED) is 0.844. The van der Waals surface area contributed by atoms with Crippen LogP contribution in [0.4, 0.5) is 5.69 Å². The summed E-state index contributed by atoms with van der Waals surface area (Å²) < 4.78 is 0. The molecule has 0 heterocycles. The highest BCUT2D eigenvalue weighted by Gasteiger charge is 2.44. The molecule has 2 heteroatoms. The third kappa shape index (κ3) is 2.92. The Morgan fingerprint density at radius 3 is 2.37 bits per heavy atom. The second-order valence-corrected chi connectivity index (χ2v) is 6.84. The maximum absolute atomic E-state index is 9.69. The maximum atomic E-state index is 9.69. The van der Waals surface area contributed by atoms with Gasteiger partial charge in [-0.2, -0.15) is 5.26 Å². The Hall–Kier alpha value is -1.49. The van der Waals surface area contributed by atoms with Crippen molar-refractivity contribution in [3.05, 3.63) is 29.8 Å². The molecule has 2 unspecified atom stereocenters. The van der Waals surface area contributed by atoms with Gasteiger partial charge in [-0.1, -0.05) is 38.5 Å². The van der Waals surface area contributed by atoms with E-state index in [0.717, 1.165) is 24.9 Å². The van der Waals surface area contributed by atoms with E-state index in [-0.39, 0.29) is 0 Å². The molecule has 0 radical (unpaired) electrons. The SMILES string of the molecule is Cc1ccc(NC2(C#N)CCC(C)(C)CC2C)cc1. The fraction of sp³-hybridized carbons (Fsp3) is 0.588. The lowest BCUT2D eigenvalue weighted by molar-refractivity contribution is 0.146. The summed E-state index contributed by atoms with van der Waals surface area (Å²) in [5.74, 6) is 0.363. The molecule has 0 bridgehead atoms. The lowest BCUT2D eigenvalue weighted by Gasteiger charge is -2.45. The number of nitrogens with zero attached hydrogens (tertiary/aromatic N) is 1. The molecule has 0 saturated heterocycles. The van der Waals surface area contributed by atoms with Gasteiger partial charge in [-0.15, -0.1) is 0 Å². The Kier molecular flexibility index (Phi) is 3.58. The summed E-state index contributed by atoms with van der Waals surface area (Å²) in [5.41, 5.74) is 2.24. The molecule has 2 nitrogen and oxygen atoms in total. The molecule has 1 aliphatic rings. The van der Waals surface area contributed by atoms with Gasteiger partial charge >= 0.3 is 0 Å². The van der Waals surface area contributed by atoms with Crippen molar-refractivity contribution in [2.24, 2.45) is 11.3 Å². The summed E-state index contributed by atoms with van der Waals surface area (Å²) in [7, 11) is 0. The van der Waals surface area contributed by atoms with Gasteiger partial charge in [0.05, 0.1) is 6.07 Å². The Morgan fingerprint density at radius 2 is 1.84 bits per heavy atom. The van der Waals surface area contributed by atoms with Crippen LogP contribution in [0.3, 0.4) is 0 Å². The van der Waals surface area contributed by atoms with Gasteiger partial charge in [0.15, 0.2) is 0 Å². The first-order valence-corrected chi connectivity index (χ1v) is 7.13. The second kappa shape index (κ2) is 4.89. The zero-order valence-electron chi connectivity index (χ0n) is 12.5. The summed E-state index contributed by atoms with van der Waals surface area (Å²) in [6, 6.07) is 10.9. The number of rotatable bonds is 2.